The lowest BCUT2D eigenvalue weighted by Crippen LogP contribution is -2.29. The summed E-state index contributed by atoms with van der Waals surface area (Å²) >= 11 is 3.36. The van der Waals surface area contributed by atoms with E-state index >= 15 is 0 Å². The van der Waals surface area contributed by atoms with Gasteiger partial charge in [0.25, 0.3) is 0 Å². The molecule has 3 nitrogen and oxygen atoms in total. The maximum Gasteiger partial charge on any atom is 0.335 e. The lowest BCUT2D eigenvalue weighted by atomic mass is 9.75. The minimum Gasteiger partial charge on any atom is -0.478 e. The third-order valence-electron chi connectivity index (χ3n) is 3.85. The molecule has 2 rings (SSSR count). The normalized spacial score (nSPS) is 19.1. The van der Waals surface area contributed by atoms with Crippen molar-refractivity contribution in [3.05, 3.63) is 28.2 Å². The average Bonchev–Trinajstić information content (AvgIpc) is 2.31. The molecule has 0 atom stereocenters. The quantitative estimate of drug-likeness (QED) is 0.858. The van der Waals surface area contributed by atoms with Gasteiger partial charge in [-0.3, -0.25) is 0 Å². The largest absolute Gasteiger partial charge is 0.478 e. The standard InChI is InChI=1S/C15H20BrNO2/c1-15(2)5-3-12(4-6-15)17-13-8-10(14(18)19)7-11(16)9-13/h7-9,12,17H,3-6H2,1-2H3,(H,18,19). The smallest absolute Gasteiger partial charge is 0.335 e. The van der Waals surface area contributed by atoms with Gasteiger partial charge in [0, 0.05) is 16.2 Å². The van der Waals surface area contributed by atoms with E-state index in [9.17, 15) is 4.79 Å². The zero-order valence-electron chi connectivity index (χ0n) is 11.4. The van der Waals surface area contributed by atoms with E-state index in [-0.39, 0.29) is 0 Å². The van der Waals surface area contributed by atoms with Crippen LogP contribution in [-0.2, 0) is 0 Å². The van der Waals surface area contributed by atoms with Crippen LogP contribution in [0.15, 0.2) is 22.7 Å². The van der Waals surface area contributed by atoms with Gasteiger partial charge in [-0.05, 0) is 49.3 Å². The van der Waals surface area contributed by atoms with Crippen molar-refractivity contribution in [2.75, 3.05) is 5.32 Å². The molecule has 1 fully saturated rings. The fourth-order valence-electron chi connectivity index (χ4n) is 2.58. The van der Waals surface area contributed by atoms with E-state index in [1.165, 1.54) is 12.8 Å². The zero-order chi connectivity index (χ0) is 14.0. The zero-order valence-corrected chi connectivity index (χ0v) is 13.0. The summed E-state index contributed by atoms with van der Waals surface area (Å²) in [6.45, 7) is 4.62. The number of benzene rings is 1. The van der Waals surface area contributed by atoms with Crippen molar-refractivity contribution in [3.63, 3.8) is 0 Å². The van der Waals surface area contributed by atoms with Gasteiger partial charge in [-0.2, -0.15) is 0 Å². The van der Waals surface area contributed by atoms with Crippen LogP contribution in [0.3, 0.4) is 0 Å². The molecule has 0 heterocycles. The molecule has 2 N–H and O–H groups in total. The van der Waals surface area contributed by atoms with Gasteiger partial charge in [0.1, 0.15) is 0 Å². The number of hydrogen-bond acceptors (Lipinski definition) is 2. The van der Waals surface area contributed by atoms with Gasteiger partial charge < -0.3 is 10.4 Å². The molecule has 0 saturated heterocycles. The summed E-state index contributed by atoms with van der Waals surface area (Å²) in [5.74, 6) is -0.894. The SMILES string of the molecule is CC1(C)CCC(Nc2cc(Br)cc(C(=O)O)c2)CC1. The van der Waals surface area contributed by atoms with Gasteiger partial charge in [-0.25, -0.2) is 4.79 Å². The lowest BCUT2D eigenvalue weighted by Gasteiger charge is -2.35. The van der Waals surface area contributed by atoms with E-state index in [2.05, 4.69) is 35.1 Å². The third-order valence-corrected chi connectivity index (χ3v) is 4.31. The predicted octanol–water partition coefficient (Wildman–Crippen LogP) is 4.53. The lowest BCUT2D eigenvalue weighted by molar-refractivity contribution is 0.0697. The second-order valence-corrected chi connectivity index (χ2v) is 7.03. The predicted molar refractivity (Wildman–Crippen MR) is 80.8 cm³/mol. The first-order valence-corrected chi connectivity index (χ1v) is 7.45. The second-order valence-electron chi connectivity index (χ2n) is 6.12. The molecule has 1 saturated carbocycles. The van der Waals surface area contributed by atoms with E-state index in [0.29, 0.717) is 17.0 Å². The summed E-state index contributed by atoms with van der Waals surface area (Å²) in [7, 11) is 0. The van der Waals surface area contributed by atoms with Crippen molar-refractivity contribution in [2.45, 2.75) is 45.6 Å². The number of anilines is 1. The Hall–Kier alpha value is -1.03. The van der Waals surface area contributed by atoms with Crippen LogP contribution >= 0.6 is 15.9 Å². The third kappa shape index (κ3) is 3.96. The summed E-state index contributed by atoms with van der Waals surface area (Å²) in [6, 6.07) is 5.71. The van der Waals surface area contributed by atoms with Crippen molar-refractivity contribution in [1.29, 1.82) is 0 Å². The van der Waals surface area contributed by atoms with Gasteiger partial charge in [0.05, 0.1) is 5.56 Å². The summed E-state index contributed by atoms with van der Waals surface area (Å²) in [4.78, 5) is 11.0. The molecule has 4 heteroatoms. The highest BCUT2D eigenvalue weighted by Crippen LogP contribution is 2.36. The molecule has 0 spiro atoms. The maximum absolute atomic E-state index is 11.0. The number of carboxylic acids is 1. The van der Waals surface area contributed by atoms with Crippen LogP contribution in [0, 0.1) is 5.41 Å². The first kappa shape index (κ1) is 14.4. The number of rotatable bonds is 3. The molecule has 0 bridgehead atoms. The fourth-order valence-corrected chi connectivity index (χ4v) is 3.07. The van der Waals surface area contributed by atoms with Gasteiger partial charge in [-0.1, -0.05) is 29.8 Å². The Morgan fingerprint density at radius 3 is 2.53 bits per heavy atom. The molecule has 0 aromatic heterocycles. The van der Waals surface area contributed by atoms with Crippen LogP contribution in [0.2, 0.25) is 0 Å². The number of nitrogens with one attached hydrogen (secondary N) is 1. The van der Waals surface area contributed by atoms with Gasteiger partial charge in [0.15, 0.2) is 0 Å². The Morgan fingerprint density at radius 1 is 1.32 bits per heavy atom. The van der Waals surface area contributed by atoms with Gasteiger partial charge in [0.2, 0.25) is 0 Å². The Kier molecular flexibility index (Phi) is 4.19. The maximum atomic E-state index is 11.0. The molecule has 0 radical (unpaired) electrons. The molecule has 1 aliphatic carbocycles. The first-order valence-electron chi connectivity index (χ1n) is 6.66. The highest BCUT2D eigenvalue weighted by atomic mass is 79.9. The van der Waals surface area contributed by atoms with Crippen molar-refractivity contribution < 1.29 is 9.90 Å². The van der Waals surface area contributed by atoms with E-state index < -0.39 is 5.97 Å². The Balaban J connectivity index is 2.05. The number of carbonyl (C=O) groups is 1. The Labute approximate surface area is 122 Å². The number of aromatic carboxylic acids is 1. The van der Waals surface area contributed by atoms with Crippen LogP contribution in [0.1, 0.15) is 49.9 Å². The fraction of sp³-hybridized carbons (Fsp3) is 0.533. The van der Waals surface area contributed by atoms with Crippen molar-refractivity contribution in [3.8, 4) is 0 Å². The topological polar surface area (TPSA) is 49.3 Å². The molecule has 19 heavy (non-hydrogen) atoms. The molecule has 0 unspecified atom stereocenters. The van der Waals surface area contributed by atoms with Crippen LogP contribution in [0.4, 0.5) is 5.69 Å². The van der Waals surface area contributed by atoms with Crippen LogP contribution in [-0.4, -0.2) is 17.1 Å². The summed E-state index contributed by atoms with van der Waals surface area (Å²) in [6.07, 6.45) is 4.71. The highest BCUT2D eigenvalue weighted by Gasteiger charge is 2.26. The van der Waals surface area contributed by atoms with Crippen molar-refractivity contribution in [2.24, 2.45) is 5.41 Å². The summed E-state index contributed by atoms with van der Waals surface area (Å²) < 4.78 is 0.797. The summed E-state index contributed by atoms with van der Waals surface area (Å²) in [5, 5.41) is 12.5. The van der Waals surface area contributed by atoms with Crippen LogP contribution in [0.25, 0.3) is 0 Å². The average molecular weight is 326 g/mol. The van der Waals surface area contributed by atoms with E-state index in [0.717, 1.165) is 23.0 Å². The Morgan fingerprint density at radius 2 is 1.95 bits per heavy atom. The van der Waals surface area contributed by atoms with Crippen LogP contribution < -0.4 is 5.32 Å². The molecule has 104 valence electrons. The number of hydrogen-bond donors (Lipinski definition) is 2. The Bertz CT molecular complexity index is 475. The van der Waals surface area contributed by atoms with Crippen LogP contribution in [0.5, 0.6) is 0 Å². The van der Waals surface area contributed by atoms with Crippen molar-refractivity contribution >= 4 is 27.6 Å². The molecular formula is C15H20BrNO2. The summed E-state index contributed by atoms with van der Waals surface area (Å²) in [5.41, 5.74) is 1.64. The molecule has 1 aromatic rings. The second kappa shape index (κ2) is 5.53. The van der Waals surface area contributed by atoms with Crippen molar-refractivity contribution in [1.82, 2.24) is 0 Å². The molecule has 1 aliphatic rings. The van der Waals surface area contributed by atoms with Gasteiger partial charge in [-0.15, -0.1) is 0 Å². The monoisotopic (exact) mass is 325 g/mol. The molecule has 0 aliphatic heterocycles. The van der Waals surface area contributed by atoms with E-state index in [1.54, 1.807) is 12.1 Å². The van der Waals surface area contributed by atoms with E-state index in [1.807, 2.05) is 6.07 Å². The number of carboxylic acid groups (broad SMARTS) is 1. The molecular weight excluding hydrogens is 306 g/mol. The molecule has 1 aromatic carbocycles. The van der Waals surface area contributed by atoms with Gasteiger partial charge >= 0.3 is 5.97 Å². The minimum atomic E-state index is -0.894. The first-order chi connectivity index (χ1) is 8.85. The molecule has 0 amide bonds. The van der Waals surface area contributed by atoms with E-state index in [4.69, 9.17) is 5.11 Å². The minimum absolute atomic E-state index is 0.313. The number of halogens is 1. The highest BCUT2D eigenvalue weighted by molar-refractivity contribution is 9.10.